The number of pyridine rings is 1. The third-order valence-electron chi connectivity index (χ3n) is 3.62. The Balaban J connectivity index is 1.64. The van der Waals surface area contributed by atoms with Crippen LogP contribution in [0.2, 0.25) is 5.02 Å². The van der Waals surface area contributed by atoms with Crippen molar-refractivity contribution < 1.29 is 0 Å². The van der Waals surface area contributed by atoms with Crippen molar-refractivity contribution in [2.45, 2.75) is 6.54 Å². The minimum absolute atomic E-state index is 0.588. The maximum absolute atomic E-state index is 6.18. The molecule has 0 unspecified atom stereocenters. The largest absolute Gasteiger partial charge is 0.364 e. The number of anilines is 1. The lowest BCUT2D eigenvalue weighted by atomic mass is 10.2. The highest BCUT2D eigenvalue weighted by Gasteiger charge is 2.10. The Bertz CT molecular complexity index is 983. The van der Waals surface area contributed by atoms with E-state index in [1.54, 1.807) is 16.9 Å². The molecule has 0 bridgehead atoms. The highest BCUT2D eigenvalue weighted by atomic mass is 35.5. The summed E-state index contributed by atoms with van der Waals surface area (Å²) in [4.78, 5) is 4.02. The number of aromatic nitrogens is 5. The standard InChI is InChI=1S/C17H13ClN6/c18-14-4-2-1-3-13(14)11-20-15-5-6-16-21-22-17(24(16)23-15)12-7-9-19-10-8-12/h1-10H,11H2,(H,20,23). The number of rotatable bonds is 4. The van der Waals surface area contributed by atoms with E-state index >= 15 is 0 Å². The summed E-state index contributed by atoms with van der Waals surface area (Å²) in [6.07, 6.45) is 3.44. The van der Waals surface area contributed by atoms with Crippen LogP contribution in [0.1, 0.15) is 5.56 Å². The summed E-state index contributed by atoms with van der Waals surface area (Å²) in [6, 6.07) is 15.2. The van der Waals surface area contributed by atoms with Gasteiger partial charge in [-0.05, 0) is 35.9 Å². The fourth-order valence-corrected chi connectivity index (χ4v) is 2.59. The van der Waals surface area contributed by atoms with E-state index in [2.05, 4.69) is 25.6 Å². The third-order valence-corrected chi connectivity index (χ3v) is 3.99. The zero-order valence-corrected chi connectivity index (χ0v) is 13.4. The van der Waals surface area contributed by atoms with Gasteiger partial charge in [-0.15, -0.1) is 15.3 Å². The van der Waals surface area contributed by atoms with Crippen molar-refractivity contribution in [2.24, 2.45) is 0 Å². The van der Waals surface area contributed by atoms with Gasteiger partial charge in [0.05, 0.1) is 0 Å². The van der Waals surface area contributed by atoms with Gasteiger partial charge in [-0.25, -0.2) is 0 Å². The Morgan fingerprint density at radius 1 is 0.958 bits per heavy atom. The fourth-order valence-electron chi connectivity index (χ4n) is 2.39. The average molecular weight is 337 g/mol. The molecule has 3 heterocycles. The van der Waals surface area contributed by atoms with Crippen molar-refractivity contribution in [3.05, 3.63) is 71.5 Å². The van der Waals surface area contributed by atoms with Crippen LogP contribution in [0.5, 0.6) is 0 Å². The summed E-state index contributed by atoms with van der Waals surface area (Å²) in [5, 5.41) is 16.9. The SMILES string of the molecule is Clc1ccccc1CNc1ccc2nnc(-c3ccncc3)n2n1. The number of benzene rings is 1. The minimum Gasteiger partial charge on any atom is -0.364 e. The molecule has 1 N–H and O–H groups in total. The Morgan fingerprint density at radius 3 is 2.62 bits per heavy atom. The quantitative estimate of drug-likeness (QED) is 0.618. The van der Waals surface area contributed by atoms with E-state index in [1.165, 1.54) is 0 Å². The van der Waals surface area contributed by atoms with Crippen molar-refractivity contribution in [3.8, 4) is 11.4 Å². The van der Waals surface area contributed by atoms with E-state index in [9.17, 15) is 0 Å². The molecule has 24 heavy (non-hydrogen) atoms. The number of nitrogens with one attached hydrogen (secondary N) is 1. The van der Waals surface area contributed by atoms with Gasteiger partial charge in [0, 0.05) is 29.5 Å². The van der Waals surface area contributed by atoms with Crippen LogP contribution in [0.25, 0.3) is 17.0 Å². The normalized spacial score (nSPS) is 10.9. The van der Waals surface area contributed by atoms with Crippen LogP contribution in [0.15, 0.2) is 60.9 Å². The Kier molecular flexibility index (Phi) is 3.80. The average Bonchev–Trinajstić information content (AvgIpc) is 3.05. The van der Waals surface area contributed by atoms with E-state index < -0.39 is 0 Å². The number of hydrogen-bond acceptors (Lipinski definition) is 5. The maximum Gasteiger partial charge on any atom is 0.185 e. The molecule has 3 aromatic heterocycles. The summed E-state index contributed by atoms with van der Waals surface area (Å²) in [7, 11) is 0. The van der Waals surface area contributed by atoms with Gasteiger partial charge in [0.15, 0.2) is 11.5 Å². The molecule has 4 rings (SSSR count). The van der Waals surface area contributed by atoms with Gasteiger partial charge >= 0.3 is 0 Å². The molecule has 0 spiro atoms. The molecule has 0 amide bonds. The second-order valence-corrected chi connectivity index (χ2v) is 5.60. The summed E-state index contributed by atoms with van der Waals surface area (Å²) in [5.41, 5.74) is 2.61. The van der Waals surface area contributed by atoms with Crippen molar-refractivity contribution in [2.75, 3.05) is 5.32 Å². The molecule has 0 atom stereocenters. The summed E-state index contributed by atoms with van der Waals surface area (Å²) in [5.74, 6) is 1.39. The third kappa shape index (κ3) is 2.79. The number of hydrogen-bond donors (Lipinski definition) is 1. The molecule has 7 heteroatoms. The molecule has 0 aliphatic carbocycles. The van der Waals surface area contributed by atoms with Crippen LogP contribution >= 0.6 is 11.6 Å². The molecule has 118 valence electrons. The summed E-state index contributed by atoms with van der Waals surface area (Å²) >= 11 is 6.18. The first-order chi connectivity index (χ1) is 11.8. The topological polar surface area (TPSA) is 68.0 Å². The second kappa shape index (κ2) is 6.25. The molecule has 0 aliphatic rings. The minimum atomic E-state index is 0.588. The predicted molar refractivity (Wildman–Crippen MR) is 92.8 cm³/mol. The number of fused-ring (bicyclic) bond motifs is 1. The zero-order valence-electron chi connectivity index (χ0n) is 12.6. The number of halogens is 1. The van der Waals surface area contributed by atoms with Crippen LogP contribution in [0, 0.1) is 0 Å². The van der Waals surface area contributed by atoms with Gasteiger partial charge in [-0.2, -0.15) is 4.52 Å². The lowest BCUT2D eigenvalue weighted by Crippen LogP contribution is -2.05. The van der Waals surface area contributed by atoms with E-state index in [1.807, 2.05) is 48.5 Å². The molecular weight excluding hydrogens is 324 g/mol. The highest BCUT2D eigenvalue weighted by Crippen LogP contribution is 2.19. The Hall–Kier alpha value is -2.99. The second-order valence-electron chi connectivity index (χ2n) is 5.19. The first-order valence-electron chi connectivity index (χ1n) is 7.41. The van der Waals surface area contributed by atoms with Gasteiger partial charge in [-0.3, -0.25) is 4.98 Å². The van der Waals surface area contributed by atoms with Crippen LogP contribution in [-0.2, 0) is 6.54 Å². The molecule has 0 saturated carbocycles. The predicted octanol–water partition coefficient (Wildman–Crippen LogP) is 3.45. The van der Waals surface area contributed by atoms with Gasteiger partial charge in [0.1, 0.15) is 5.82 Å². The summed E-state index contributed by atoms with van der Waals surface area (Å²) < 4.78 is 1.71. The monoisotopic (exact) mass is 336 g/mol. The van der Waals surface area contributed by atoms with E-state index in [-0.39, 0.29) is 0 Å². The number of nitrogens with zero attached hydrogens (tertiary/aromatic N) is 5. The molecule has 0 radical (unpaired) electrons. The van der Waals surface area contributed by atoms with E-state index in [4.69, 9.17) is 11.6 Å². The zero-order chi connectivity index (χ0) is 16.4. The highest BCUT2D eigenvalue weighted by molar-refractivity contribution is 6.31. The first kappa shape index (κ1) is 14.6. The van der Waals surface area contributed by atoms with Gasteiger partial charge in [0.25, 0.3) is 0 Å². The van der Waals surface area contributed by atoms with E-state index in [0.717, 1.165) is 22.0 Å². The maximum atomic E-state index is 6.18. The molecule has 0 aliphatic heterocycles. The van der Waals surface area contributed by atoms with Gasteiger partial charge in [-0.1, -0.05) is 29.8 Å². The molecule has 4 aromatic rings. The van der Waals surface area contributed by atoms with Gasteiger partial charge in [0.2, 0.25) is 0 Å². The van der Waals surface area contributed by atoms with Crippen LogP contribution in [0.4, 0.5) is 5.82 Å². The first-order valence-corrected chi connectivity index (χ1v) is 7.79. The molecular formula is C17H13ClN6. The van der Waals surface area contributed by atoms with Crippen LogP contribution in [0.3, 0.4) is 0 Å². The Labute approximate surface area is 143 Å². The van der Waals surface area contributed by atoms with Crippen LogP contribution in [-0.4, -0.2) is 24.8 Å². The molecule has 6 nitrogen and oxygen atoms in total. The van der Waals surface area contributed by atoms with E-state index in [0.29, 0.717) is 18.0 Å². The van der Waals surface area contributed by atoms with Crippen molar-refractivity contribution in [1.29, 1.82) is 0 Å². The molecule has 1 aromatic carbocycles. The smallest absolute Gasteiger partial charge is 0.185 e. The lowest BCUT2D eigenvalue weighted by Gasteiger charge is -2.08. The van der Waals surface area contributed by atoms with Gasteiger partial charge < -0.3 is 5.32 Å². The van der Waals surface area contributed by atoms with Crippen molar-refractivity contribution >= 4 is 23.1 Å². The Morgan fingerprint density at radius 2 is 1.79 bits per heavy atom. The fraction of sp³-hybridized carbons (Fsp3) is 0.0588. The van der Waals surface area contributed by atoms with Crippen molar-refractivity contribution in [3.63, 3.8) is 0 Å². The van der Waals surface area contributed by atoms with Crippen LogP contribution < -0.4 is 5.32 Å². The lowest BCUT2D eigenvalue weighted by molar-refractivity contribution is 0.925. The molecule has 0 saturated heterocycles. The summed E-state index contributed by atoms with van der Waals surface area (Å²) in [6.45, 7) is 0.588. The molecule has 0 fully saturated rings. The van der Waals surface area contributed by atoms with Crippen molar-refractivity contribution in [1.82, 2.24) is 24.8 Å².